The molecular formula is C14H18F3NO2. The van der Waals surface area contributed by atoms with Gasteiger partial charge in [-0.3, -0.25) is 5.32 Å². The van der Waals surface area contributed by atoms with E-state index < -0.39 is 11.7 Å². The lowest BCUT2D eigenvalue weighted by atomic mass is 10.1. The second-order valence-electron chi connectivity index (χ2n) is 4.85. The van der Waals surface area contributed by atoms with E-state index in [4.69, 9.17) is 9.47 Å². The van der Waals surface area contributed by atoms with E-state index in [0.29, 0.717) is 18.1 Å². The summed E-state index contributed by atoms with van der Waals surface area (Å²) in [4.78, 5) is 0. The highest BCUT2D eigenvalue weighted by atomic mass is 19.4. The molecule has 2 rings (SSSR count). The van der Waals surface area contributed by atoms with Crippen LogP contribution in [0.4, 0.5) is 13.2 Å². The number of hydrogen-bond acceptors (Lipinski definition) is 3. The number of rotatable bonds is 6. The second kappa shape index (κ2) is 5.52. The van der Waals surface area contributed by atoms with Crippen molar-refractivity contribution in [2.24, 2.45) is 0 Å². The van der Waals surface area contributed by atoms with E-state index in [1.165, 1.54) is 7.11 Å². The topological polar surface area (TPSA) is 30.5 Å². The number of alkyl halides is 3. The predicted molar refractivity (Wildman–Crippen MR) is 69.0 cm³/mol. The van der Waals surface area contributed by atoms with Crippen LogP contribution in [0.3, 0.4) is 0 Å². The van der Waals surface area contributed by atoms with Gasteiger partial charge < -0.3 is 9.47 Å². The molecule has 0 spiro atoms. The monoisotopic (exact) mass is 289 g/mol. The number of nitrogens with one attached hydrogen (secondary N) is 1. The Morgan fingerprint density at radius 2 is 1.95 bits per heavy atom. The average molecular weight is 289 g/mol. The third kappa shape index (κ3) is 3.00. The molecule has 0 amide bonds. The summed E-state index contributed by atoms with van der Waals surface area (Å²) < 4.78 is 49.0. The molecule has 0 bridgehead atoms. The van der Waals surface area contributed by atoms with Gasteiger partial charge in [0, 0.05) is 6.54 Å². The van der Waals surface area contributed by atoms with Gasteiger partial charge >= 0.3 is 6.18 Å². The van der Waals surface area contributed by atoms with Crippen LogP contribution in [-0.4, -0.2) is 25.4 Å². The van der Waals surface area contributed by atoms with E-state index in [1.807, 2.05) is 6.92 Å². The molecule has 112 valence electrons. The van der Waals surface area contributed by atoms with Crippen molar-refractivity contribution in [2.45, 2.75) is 38.0 Å². The molecule has 0 heterocycles. The van der Waals surface area contributed by atoms with Gasteiger partial charge in [0.1, 0.15) is 5.54 Å². The zero-order valence-corrected chi connectivity index (χ0v) is 11.5. The molecule has 1 N–H and O–H groups in total. The van der Waals surface area contributed by atoms with Crippen molar-refractivity contribution in [1.29, 1.82) is 0 Å². The molecule has 1 aliphatic rings. The van der Waals surface area contributed by atoms with Crippen molar-refractivity contribution in [1.82, 2.24) is 5.32 Å². The van der Waals surface area contributed by atoms with Crippen LogP contribution in [0, 0.1) is 0 Å². The lowest BCUT2D eigenvalue weighted by molar-refractivity contribution is -0.166. The molecule has 0 atom stereocenters. The van der Waals surface area contributed by atoms with E-state index in [2.05, 4.69) is 5.32 Å². The average Bonchev–Trinajstić information content (AvgIpc) is 3.17. The normalized spacial score (nSPS) is 16.9. The molecule has 0 unspecified atom stereocenters. The highest BCUT2D eigenvalue weighted by Gasteiger charge is 2.62. The van der Waals surface area contributed by atoms with Crippen LogP contribution in [-0.2, 0) is 6.54 Å². The van der Waals surface area contributed by atoms with Crippen LogP contribution >= 0.6 is 0 Å². The summed E-state index contributed by atoms with van der Waals surface area (Å²) >= 11 is 0. The summed E-state index contributed by atoms with van der Waals surface area (Å²) in [6, 6.07) is 5.15. The molecule has 3 nitrogen and oxygen atoms in total. The zero-order chi connectivity index (χ0) is 14.8. The van der Waals surface area contributed by atoms with Crippen LogP contribution in [0.2, 0.25) is 0 Å². The summed E-state index contributed by atoms with van der Waals surface area (Å²) in [5, 5.41) is 2.61. The van der Waals surface area contributed by atoms with E-state index in [0.717, 1.165) is 5.56 Å². The molecule has 0 saturated heterocycles. The Labute approximate surface area is 116 Å². The van der Waals surface area contributed by atoms with Crippen LogP contribution in [0.1, 0.15) is 25.3 Å². The van der Waals surface area contributed by atoms with Gasteiger partial charge in [-0.1, -0.05) is 6.07 Å². The molecule has 20 heavy (non-hydrogen) atoms. The first kappa shape index (κ1) is 15.0. The highest BCUT2D eigenvalue weighted by Crippen LogP contribution is 2.49. The van der Waals surface area contributed by atoms with Crippen molar-refractivity contribution < 1.29 is 22.6 Å². The fourth-order valence-electron chi connectivity index (χ4n) is 2.06. The van der Waals surface area contributed by atoms with Gasteiger partial charge in [0.15, 0.2) is 11.5 Å². The highest BCUT2D eigenvalue weighted by molar-refractivity contribution is 5.43. The number of halogens is 3. The van der Waals surface area contributed by atoms with E-state index in [-0.39, 0.29) is 19.4 Å². The molecular weight excluding hydrogens is 271 g/mol. The fraction of sp³-hybridized carbons (Fsp3) is 0.571. The lowest BCUT2D eigenvalue weighted by Crippen LogP contribution is -2.44. The first-order chi connectivity index (χ1) is 9.42. The molecule has 0 aromatic heterocycles. The Kier molecular flexibility index (Phi) is 4.13. The molecule has 0 aliphatic heterocycles. The fourth-order valence-corrected chi connectivity index (χ4v) is 2.06. The van der Waals surface area contributed by atoms with Crippen LogP contribution < -0.4 is 14.8 Å². The summed E-state index contributed by atoms with van der Waals surface area (Å²) in [6.07, 6.45) is -3.90. The number of methoxy groups -OCH3 is 1. The Hall–Kier alpha value is -1.43. The lowest BCUT2D eigenvalue weighted by Gasteiger charge is -2.21. The zero-order valence-electron chi connectivity index (χ0n) is 11.5. The number of ether oxygens (including phenoxy) is 2. The molecule has 1 aromatic rings. The minimum Gasteiger partial charge on any atom is -0.493 e. The molecule has 0 radical (unpaired) electrons. The number of benzene rings is 1. The van der Waals surface area contributed by atoms with Crippen LogP contribution in [0.5, 0.6) is 11.5 Å². The van der Waals surface area contributed by atoms with Crippen molar-refractivity contribution in [2.75, 3.05) is 13.7 Å². The molecule has 6 heteroatoms. The maximum atomic E-state index is 12.8. The van der Waals surface area contributed by atoms with Crippen molar-refractivity contribution in [3.63, 3.8) is 0 Å². The van der Waals surface area contributed by atoms with Gasteiger partial charge in [-0.25, -0.2) is 0 Å². The minimum atomic E-state index is -4.19. The van der Waals surface area contributed by atoms with Gasteiger partial charge in [0.05, 0.1) is 13.7 Å². The Morgan fingerprint density at radius 3 is 2.45 bits per heavy atom. The molecule has 1 aliphatic carbocycles. The van der Waals surface area contributed by atoms with E-state index in [1.54, 1.807) is 18.2 Å². The van der Waals surface area contributed by atoms with E-state index >= 15 is 0 Å². The van der Waals surface area contributed by atoms with Crippen LogP contribution in [0.25, 0.3) is 0 Å². The molecule has 1 fully saturated rings. The van der Waals surface area contributed by atoms with Gasteiger partial charge in [-0.05, 0) is 37.5 Å². The smallest absolute Gasteiger partial charge is 0.406 e. The molecule has 1 saturated carbocycles. The van der Waals surface area contributed by atoms with Gasteiger partial charge in [-0.15, -0.1) is 0 Å². The second-order valence-corrected chi connectivity index (χ2v) is 4.85. The Bertz CT molecular complexity index is 470. The summed E-state index contributed by atoms with van der Waals surface area (Å²) in [5.74, 6) is 1.12. The van der Waals surface area contributed by atoms with Crippen molar-refractivity contribution in [3.05, 3.63) is 23.8 Å². The quantitative estimate of drug-likeness (QED) is 0.872. The van der Waals surface area contributed by atoms with Gasteiger partial charge in [0.2, 0.25) is 0 Å². The SMILES string of the molecule is CCOc1cc(CNC2(C(F)(F)F)CC2)ccc1OC. The van der Waals surface area contributed by atoms with Crippen molar-refractivity contribution in [3.8, 4) is 11.5 Å². The largest absolute Gasteiger partial charge is 0.493 e. The van der Waals surface area contributed by atoms with E-state index in [9.17, 15) is 13.2 Å². The third-order valence-corrected chi connectivity index (χ3v) is 3.45. The predicted octanol–water partition coefficient (Wildman–Crippen LogP) is 3.28. The maximum absolute atomic E-state index is 12.8. The maximum Gasteiger partial charge on any atom is 0.406 e. The first-order valence-electron chi connectivity index (χ1n) is 6.53. The Balaban J connectivity index is 2.05. The van der Waals surface area contributed by atoms with Gasteiger partial charge in [-0.2, -0.15) is 13.2 Å². The summed E-state index contributed by atoms with van der Waals surface area (Å²) in [7, 11) is 1.53. The minimum absolute atomic E-state index is 0.144. The summed E-state index contributed by atoms with van der Waals surface area (Å²) in [5.41, 5.74) is -0.955. The standard InChI is InChI=1S/C14H18F3NO2/c1-3-20-12-8-10(4-5-11(12)19-2)9-18-13(6-7-13)14(15,16)17/h4-5,8,18H,3,6-7,9H2,1-2H3. The first-order valence-corrected chi connectivity index (χ1v) is 6.53. The van der Waals surface area contributed by atoms with Crippen LogP contribution in [0.15, 0.2) is 18.2 Å². The number of hydrogen-bond donors (Lipinski definition) is 1. The van der Waals surface area contributed by atoms with Crippen molar-refractivity contribution >= 4 is 0 Å². The molecule has 1 aromatic carbocycles. The van der Waals surface area contributed by atoms with Gasteiger partial charge in [0.25, 0.3) is 0 Å². The Morgan fingerprint density at radius 1 is 1.25 bits per heavy atom. The third-order valence-electron chi connectivity index (χ3n) is 3.45. The summed E-state index contributed by atoms with van der Waals surface area (Å²) in [6.45, 7) is 2.47.